The molecule has 1 aromatic heterocycles. The second-order valence-electron chi connectivity index (χ2n) is 8.32. The fourth-order valence-corrected chi connectivity index (χ4v) is 3.79. The number of ketones is 2. The molecule has 0 N–H and O–H groups in total. The van der Waals surface area contributed by atoms with Crippen molar-refractivity contribution in [1.82, 2.24) is 4.98 Å². The molecular weight excluding hydrogens is 430 g/mol. The van der Waals surface area contributed by atoms with Crippen LogP contribution in [-0.2, 0) is 22.4 Å². The van der Waals surface area contributed by atoms with Crippen molar-refractivity contribution in [2.24, 2.45) is 0 Å². The van der Waals surface area contributed by atoms with Crippen molar-refractivity contribution in [2.45, 2.75) is 59.8 Å². The number of carbonyl (C=O) groups is 2. The molecule has 0 saturated heterocycles. The Hall–Kier alpha value is -3.41. The summed E-state index contributed by atoms with van der Waals surface area (Å²) in [6.45, 7) is 8.80. The van der Waals surface area contributed by atoms with Gasteiger partial charge in [0.2, 0.25) is 5.89 Å². The average Bonchev–Trinajstić information content (AvgIpc) is 3.15. The van der Waals surface area contributed by atoms with Crippen LogP contribution in [0.15, 0.2) is 46.9 Å². The predicted octanol–water partition coefficient (Wildman–Crippen LogP) is 5.85. The van der Waals surface area contributed by atoms with Crippen molar-refractivity contribution < 1.29 is 23.5 Å². The molecule has 0 unspecified atom stereocenters. The molecule has 6 nitrogen and oxygen atoms in total. The van der Waals surface area contributed by atoms with Crippen molar-refractivity contribution in [1.29, 1.82) is 0 Å². The van der Waals surface area contributed by atoms with Crippen LogP contribution in [0.3, 0.4) is 0 Å². The zero-order valence-corrected chi connectivity index (χ0v) is 20.5. The van der Waals surface area contributed by atoms with E-state index in [4.69, 9.17) is 13.9 Å². The second-order valence-corrected chi connectivity index (χ2v) is 8.32. The summed E-state index contributed by atoms with van der Waals surface area (Å²) in [6, 6.07) is 13.7. The van der Waals surface area contributed by atoms with Crippen molar-refractivity contribution in [3.63, 3.8) is 0 Å². The number of aryl methyl sites for hydroxylation is 3. The lowest BCUT2D eigenvalue weighted by molar-refractivity contribution is -0.126. The van der Waals surface area contributed by atoms with Gasteiger partial charge in [0, 0.05) is 12.0 Å². The minimum absolute atomic E-state index is 0.0546. The van der Waals surface area contributed by atoms with Crippen LogP contribution in [0.4, 0.5) is 0 Å². The van der Waals surface area contributed by atoms with Crippen LogP contribution in [-0.4, -0.2) is 29.8 Å². The Morgan fingerprint density at radius 1 is 0.941 bits per heavy atom. The number of aromatic nitrogens is 1. The highest BCUT2D eigenvalue weighted by molar-refractivity contribution is 5.99. The predicted molar refractivity (Wildman–Crippen MR) is 131 cm³/mol. The topological polar surface area (TPSA) is 78.6 Å². The molecule has 0 aliphatic heterocycles. The van der Waals surface area contributed by atoms with Gasteiger partial charge >= 0.3 is 0 Å². The Morgan fingerprint density at radius 3 is 2.44 bits per heavy atom. The largest absolute Gasteiger partial charge is 0.490 e. The van der Waals surface area contributed by atoms with Gasteiger partial charge in [-0.15, -0.1) is 0 Å². The molecule has 0 atom stereocenters. The third-order valence-corrected chi connectivity index (χ3v) is 5.45. The molecule has 3 aromatic rings. The maximum atomic E-state index is 12.5. The van der Waals surface area contributed by atoms with Crippen molar-refractivity contribution in [3.8, 4) is 23.0 Å². The first-order valence-corrected chi connectivity index (χ1v) is 11.8. The van der Waals surface area contributed by atoms with E-state index in [0.29, 0.717) is 43.4 Å². The molecule has 0 fully saturated rings. The quantitative estimate of drug-likeness (QED) is 0.296. The summed E-state index contributed by atoms with van der Waals surface area (Å²) in [5.74, 6) is 2.35. The van der Waals surface area contributed by atoms with Crippen molar-refractivity contribution in [3.05, 3.63) is 65.0 Å². The summed E-state index contributed by atoms with van der Waals surface area (Å²) in [7, 11) is 0. The highest BCUT2D eigenvalue weighted by atomic mass is 16.5. The lowest BCUT2D eigenvalue weighted by atomic mass is 10.0. The highest BCUT2D eigenvalue weighted by Gasteiger charge is 2.17. The first kappa shape index (κ1) is 25.2. The van der Waals surface area contributed by atoms with E-state index < -0.39 is 0 Å². The number of rotatable bonds is 13. The lowest BCUT2D eigenvalue weighted by Crippen LogP contribution is -2.11. The fraction of sp³-hybridized carbons (Fsp3) is 0.393. The van der Waals surface area contributed by atoms with Gasteiger partial charge in [0.15, 0.2) is 11.5 Å². The average molecular weight is 464 g/mol. The Bertz CT molecular complexity index is 1130. The molecule has 34 heavy (non-hydrogen) atoms. The maximum Gasteiger partial charge on any atom is 0.226 e. The molecular formula is C28H33NO5. The first-order chi connectivity index (χ1) is 16.4. The van der Waals surface area contributed by atoms with Crippen LogP contribution in [0, 0.1) is 13.8 Å². The summed E-state index contributed by atoms with van der Waals surface area (Å²) < 4.78 is 17.0. The van der Waals surface area contributed by atoms with Gasteiger partial charge in [-0.1, -0.05) is 23.8 Å². The molecule has 0 aliphatic carbocycles. The maximum absolute atomic E-state index is 12.5. The van der Waals surface area contributed by atoms with Gasteiger partial charge in [-0.05, 0) is 70.4 Å². The molecule has 6 heteroatoms. The minimum Gasteiger partial charge on any atom is -0.490 e. The van der Waals surface area contributed by atoms with E-state index in [1.807, 2.05) is 63.2 Å². The van der Waals surface area contributed by atoms with Gasteiger partial charge in [-0.2, -0.15) is 0 Å². The SMILES string of the molecule is CCOc1ccc(CCCC(=O)CC(=O)Cc2nc(-c3cccc(C)c3)oc2C)cc1OCC. The fourth-order valence-electron chi connectivity index (χ4n) is 3.79. The summed E-state index contributed by atoms with van der Waals surface area (Å²) in [6.07, 6.45) is 1.78. The van der Waals surface area contributed by atoms with Crippen LogP contribution < -0.4 is 9.47 Å². The standard InChI is InChI=1S/C28H33NO5/c1-5-32-26-14-13-21(16-27(26)33-6-2)10-8-12-23(30)17-24(31)18-25-20(4)34-28(29-25)22-11-7-9-19(3)15-22/h7,9,11,13-16H,5-6,8,10,12,17-18H2,1-4H3. The summed E-state index contributed by atoms with van der Waals surface area (Å²) in [4.78, 5) is 29.4. The molecule has 180 valence electrons. The van der Waals surface area contributed by atoms with Crippen molar-refractivity contribution >= 4 is 11.6 Å². The van der Waals surface area contributed by atoms with Gasteiger partial charge < -0.3 is 13.9 Å². The van der Waals surface area contributed by atoms with Gasteiger partial charge in [-0.3, -0.25) is 9.59 Å². The van der Waals surface area contributed by atoms with Gasteiger partial charge in [0.05, 0.1) is 31.7 Å². The molecule has 1 heterocycles. The Morgan fingerprint density at radius 2 is 1.71 bits per heavy atom. The Labute approximate surface area is 201 Å². The van der Waals surface area contributed by atoms with Crippen molar-refractivity contribution in [2.75, 3.05) is 13.2 Å². The van der Waals surface area contributed by atoms with Gasteiger partial charge in [0.1, 0.15) is 17.3 Å². The van der Waals surface area contributed by atoms with Crippen LogP contribution >= 0.6 is 0 Å². The number of nitrogens with zero attached hydrogens (tertiary/aromatic N) is 1. The molecule has 0 spiro atoms. The number of carbonyl (C=O) groups excluding carboxylic acids is 2. The first-order valence-electron chi connectivity index (χ1n) is 11.8. The number of Topliss-reactive ketones (excluding diaryl/α,β-unsaturated/α-hetero) is 2. The van der Waals surface area contributed by atoms with Gasteiger partial charge in [-0.25, -0.2) is 4.98 Å². The third kappa shape index (κ3) is 7.04. The van der Waals surface area contributed by atoms with E-state index in [1.165, 1.54) is 0 Å². The van der Waals surface area contributed by atoms with E-state index in [9.17, 15) is 9.59 Å². The van der Waals surface area contributed by atoms with E-state index in [0.717, 1.165) is 34.6 Å². The monoisotopic (exact) mass is 463 g/mol. The lowest BCUT2D eigenvalue weighted by Gasteiger charge is -2.12. The van der Waals surface area contributed by atoms with Crippen LogP contribution in [0.5, 0.6) is 11.5 Å². The zero-order chi connectivity index (χ0) is 24.5. The Kier molecular flexibility index (Phi) is 9.02. The summed E-state index contributed by atoms with van der Waals surface area (Å²) in [5, 5.41) is 0. The zero-order valence-electron chi connectivity index (χ0n) is 20.5. The van der Waals surface area contributed by atoms with Crippen LogP contribution in [0.25, 0.3) is 11.5 Å². The van der Waals surface area contributed by atoms with E-state index in [-0.39, 0.29) is 24.4 Å². The normalized spacial score (nSPS) is 10.8. The summed E-state index contributed by atoms with van der Waals surface area (Å²) >= 11 is 0. The molecule has 2 aromatic carbocycles. The number of hydrogen-bond acceptors (Lipinski definition) is 6. The Balaban J connectivity index is 1.49. The molecule has 0 aliphatic rings. The number of benzene rings is 2. The molecule has 3 rings (SSSR count). The van der Waals surface area contributed by atoms with E-state index >= 15 is 0 Å². The van der Waals surface area contributed by atoms with Crippen LogP contribution in [0.1, 0.15) is 55.7 Å². The highest BCUT2D eigenvalue weighted by Crippen LogP contribution is 2.29. The smallest absolute Gasteiger partial charge is 0.226 e. The van der Waals surface area contributed by atoms with E-state index in [2.05, 4.69) is 4.98 Å². The van der Waals surface area contributed by atoms with Gasteiger partial charge in [0.25, 0.3) is 0 Å². The molecule has 0 bridgehead atoms. The number of ether oxygens (including phenoxy) is 2. The second kappa shape index (κ2) is 12.2. The van der Waals surface area contributed by atoms with Crippen LogP contribution in [0.2, 0.25) is 0 Å². The molecule has 0 amide bonds. The molecule has 0 saturated carbocycles. The minimum atomic E-state index is -0.142. The number of hydrogen-bond donors (Lipinski definition) is 0. The molecule has 0 radical (unpaired) electrons. The third-order valence-electron chi connectivity index (χ3n) is 5.45. The summed E-state index contributed by atoms with van der Waals surface area (Å²) in [5.41, 5.74) is 3.65. The number of oxazole rings is 1. The van der Waals surface area contributed by atoms with E-state index in [1.54, 1.807) is 6.92 Å².